The van der Waals surface area contributed by atoms with E-state index < -0.39 is 18.0 Å². The van der Waals surface area contributed by atoms with Crippen molar-refractivity contribution in [2.24, 2.45) is 0 Å². The van der Waals surface area contributed by atoms with Gasteiger partial charge in [0.25, 0.3) is 5.91 Å². The van der Waals surface area contributed by atoms with E-state index in [1.165, 1.54) is 19.3 Å². The lowest BCUT2D eigenvalue weighted by molar-refractivity contribution is -0.123. The van der Waals surface area contributed by atoms with Crippen molar-refractivity contribution in [3.63, 3.8) is 0 Å². The number of hydrogen-bond donors (Lipinski definition) is 1. The SMILES string of the molecule is Cc1cnc(C(=O)O[C@@H](C)C(=O)Nc2ccc(Cl)cc2)cn1. The number of aromatic nitrogens is 2. The zero-order valence-corrected chi connectivity index (χ0v) is 12.8. The predicted octanol–water partition coefficient (Wildman–Crippen LogP) is 2.62. The summed E-state index contributed by atoms with van der Waals surface area (Å²) in [5.74, 6) is -1.15. The number of nitrogens with zero attached hydrogens (tertiary/aromatic N) is 2. The maximum absolute atomic E-state index is 12.0. The van der Waals surface area contributed by atoms with Gasteiger partial charge in [0, 0.05) is 16.9 Å². The summed E-state index contributed by atoms with van der Waals surface area (Å²) in [4.78, 5) is 31.7. The van der Waals surface area contributed by atoms with Crippen LogP contribution >= 0.6 is 11.6 Å². The summed E-state index contributed by atoms with van der Waals surface area (Å²) in [6.45, 7) is 3.23. The number of hydrogen-bond acceptors (Lipinski definition) is 5. The Balaban J connectivity index is 1.94. The molecule has 2 rings (SSSR count). The Morgan fingerprint density at radius 3 is 2.45 bits per heavy atom. The molecule has 0 saturated carbocycles. The molecule has 0 bridgehead atoms. The molecule has 0 fully saturated rings. The summed E-state index contributed by atoms with van der Waals surface area (Å²) in [6, 6.07) is 6.60. The van der Waals surface area contributed by atoms with Crippen molar-refractivity contribution in [1.29, 1.82) is 0 Å². The van der Waals surface area contributed by atoms with Gasteiger partial charge < -0.3 is 10.1 Å². The molecule has 114 valence electrons. The van der Waals surface area contributed by atoms with Gasteiger partial charge in [0.05, 0.1) is 11.9 Å². The molecule has 1 aromatic heterocycles. The Hall–Kier alpha value is -2.47. The molecule has 0 unspecified atom stereocenters. The second-order valence-electron chi connectivity index (χ2n) is 4.59. The van der Waals surface area contributed by atoms with E-state index in [0.29, 0.717) is 16.4 Å². The van der Waals surface area contributed by atoms with E-state index in [1.807, 2.05) is 0 Å². The highest BCUT2D eigenvalue weighted by atomic mass is 35.5. The number of carbonyl (C=O) groups excluding carboxylic acids is 2. The Kier molecular flexibility index (Phi) is 5.06. The quantitative estimate of drug-likeness (QED) is 0.876. The monoisotopic (exact) mass is 319 g/mol. The molecular formula is C15H14ClN3O3. The van der Waals surface area contributed by atoms with E-state index in [4.69, 9.17) is 16.3 Å². The third kappa shape index (κ3) is 4.26. The van der Waals surface area contributed by atoms with E-state index in [-0.39, 0.29) is 5.69 Å². The molecule has 1 amide bonds. The number of ether oxygens (including phenoxy) is 1. The van der Waals surface area contributed by atoms with Crippen molar-refractivity contribution >= 4 is 29.2 Å². The normalized spacial score (nSPS) is 11.6. The third-order valence-corrected chi connectivity index (χ3v) is 3.01. The van der Waals surface area contributed by atoms with Crippen molar-refractivity contribution in [3.8, 4) is 0 Å². The smallest absolute Gasteiger partial charge is 0.359 e. The number of carbonyl (C=O) groups is 2. The third-order valence-electron chi connectivity index (χ3n) is 2.75. The summed E-state index contributed by atoms with van der Waals surface area (Å²) in [6.07, 6.45) is 1.79. The van der Waals surface area contributed by atoms with Crippen molar-refractivity contribution in [2.75, 3.05) is 5.32 Å². The van der Waals surface area contributed by atoms with Crippen molar-refractivity contribution < 1.29 is 14.3 Å². The van der Waals surface area contributed by atoms with E-state index in [2.05, 4.69) is 15.3 Å². The zero-order chi connectivity index (χ0) is 16.1. The standard InChI is InChI=1S/C15H14ClN3O3/c1-9-7-18-13(8-17-9)15(21)22-10(2)14(20)19-12-5-3-11(16)4-6-12/h3-8,10H,1-2H3,(H,19,20)/t10-/m0/s1. The molecule has 1 heterocycles. The van der Waals surface area contributed by atoms with Gasteiger partial charge >= 0.3 is 5.97 Å². The van der Waals surface area contributed by atoms with Crippen molar-refractivity contribution in [1.82, 2.24) is 9.97 Å². The number of halogens is 1. The van der Waals surface area contributed by atoms with Crippen LogP contribution in [0, 0.1) is 6.92 Å². The lowest BCUT2D eigenvalue weighted by Gasteiger charge is -2.13. The van der Waals surface area contributed by atoms with Gasteiger partial charge in [-0.1, -0.05) is 11.6 Å². The van der Waals surface area contributed by atoms with Gasteiger partial charge in [0.15, 0.2) is 11.8 Å². The average Bonchev–Trinajstić information content (AvgIpc) is 2.50. The topological polar surface area (TPSA) is 81.2 Å². The minimum atomic E-state index is -0.966. The Morgan fingerprint density at radius 2 is 1.86 bits per heavy atom. The van der Waals surface area contributed by atoms with Gasteiger partial charge in [-0.2, -0.15) is 0 Å². The molecule has 1 atom stereocenters. The van der Waals surface area contributed by atoms with Crippen LogP contribution in [0.3, 0.4) is 0 Å². The van der Waals surface area contributed by atoms with E-state index >= 15 is 0 Å². The summed E-state index contributed by atoms with van der Waals surface area (Å²) >= 11 is 5.76. The maximum atomic E-state index is 12.0. The number of esters is 1. The van der Waals surface area contributed by atoms with Crippen LogP contribution in [-0.4, -0.2) is 27.9 Å². The van der Waals surface area contributed by atoms with Crippen molar-refractivity contribution in [2.45, 2.75) is 20.0 Å². The molecule has 22 heavy (non-hydrogen) atoms. The summed E-state index contributed by atoms with van der Waals surface area (Å²) in [5.41, 5.74) is 1.30. The molecule has 0 radical (unpaired) electrons. The second-order valence-corrected chi connectivity index (χ2v) is 5.02. The lowest BCUT2D eigenvalue weighted by Crippen LogP contribution is -2.30. The van der Waals surface area contributed by atoms with Crippen molar-refractivity contribution in [3.05, 3.63) is 53.1 Å². The van der Waals surface area contributed by atoms with Crippen LogP contribution in [0.2, 0.25) is 5.02 Å². The van der Waals surface area contributed by atoms with Gasteiger partial charge in [0.2, 0.25) is 0 Å². The largest absolute Gasteiger partial charge is 0.448 e. The van der Waals surface area contributed by atoms with Gasteiger partial charge in [-0.15, -0.1) is 0 Å². The number of rotatable bonds is 4. The molecular weight excluding hydrogens is 306 g/mol. The number of amides is 1. The molecule has 2 aromatic rings. The molecule has 0 spiro atoms. The van der Waals surface area contributed by atoms with Crippen LogP contribution in [0.1, 0.15) is 23.1 Å². The van der Waals surface area contributed by atoms with Gasteiger partial charge in [-0.3, -0.25) is 9.78 Å². The fourth-order valence-electron chi connectivity index (χ4n) is 1.55. The highest BCUT2D eigenvalue weighted by Crippen LogP contribution is 2.14. The molecule has 0 aliphatic rings. The number of aryl methyl sites for hydroxylation is 1. The fraction of sp³-hybridized carbons (Fsp3) is 0.200. The molecule has 7 heteroatoms. The van der Waals surface area contributed by atoms with Crippen LogP contribution in [0.5, 0.6) is 0 Å². The molecule has 1 N–H and O–H groups in total. The molecule has 0 aliphatic heterocycles. The predicted molar refractivity (Wildman–Crippen MR) is 81.7 cm³/mol. The van der Waals surface area contributed by atoms with Crippen LogP contribution in [0.15, 0.2) is 36.7 Å². The van der Waals surface area contributed by atoms with Gasteiger partial charge in [-0.25, -0.2) is 9.78 Å². The number of nitrogens with one attached hydrogen (secondary N) is 1. The summed E-state index contributed by atoms with van der Waals surface area (Å²) in [7, 11) is 0. The maximum Gasteiger partial charge on any atom is 0.359 e. The average molecular weight is 320 g/mol. The lowest BCUT2D eigenvalue weighted by atomic mass is 10.3. The highest BCUT2D eigenvalue weighted by Gasteiger charge is 2.20. The molecule has 0 saturated heterocycles. The van der Waals surface area contributed by atoms with Crippen LogP contribution < -0.4 is 5.32 Å². The van der Waals surface area contributed by atoms with Crippen LogP contribution in [0.4, 0.5) is 5.69 Å². The van der Waals surface area contributed by atoms with Crippen LogP contribution in [-0.2, 0) is 9.53 Å². The first-order valence-electron chi connectivity index (χ1n) is 6.52. The first-order chi connectivity index (χ1) is 10.5. The van der Waals surface area contributed by atoms with E-state index in [1.54, 1.807) is 31.2 Å². The summed E-state index contributed by atoms with van der Waals surface area (Å²) < 4.78 is 5.05. The van der Waals surface area contributed by atoms with Crippen LogP contribution in [0.25, 0.3) is 0 Å². The first-order valence-corrected chi connectivity index (χ1v) is 6.89. The second kappa shape index (κ2) is 7.00. The van der Waals surface area contributed by atoms with E-state index in [0.717, 1.165) is 0 Å². The minimum absolute atomic E-state index is 0.0525. The number of anilines is 1. The van der Waals surface area contributed by atoms with Gasteiger partial charge in [-0.05, 0) is 38.1 Å². The molecule has 0 aliphatic carbocycles. The Labute approximate surface area is 132 Å². The minimum Gasteiger partial charge on any atom is -0.448 e. The Bertz CT molecular complexity index is 671. The van der Waals surface area contributed by atoms with Gasteiger partial charge in [0.1, 0.15) is 0 Å². The number of benzene rings is 1. The fourth-order valence-corrected chi connectivity index (χ4v) is 1.68. The molecule has 1 aromatic carbocycles. The highest BCUT2D eigenvalue weighted by molar-refractivity contribution is 6.30. The molecule has 6 nitrogen and oxygen atoms in total. The van der Waals surface area contributed by atoms with E-state index in [9.17, 15) is 9.59 Å². The summed E-state index contributed by atoms with van der Waals surface area (Å²) in [5, 5.41) is 3.19. The first kappa shape index (κ1) is 15.9. The zero-order valence-electron chi connectivity index (χ0n) is 12.0. The Morgan fingerprint density at radius 1 is 1.18 bits per heavy atom.